The van der Waals surface area contributed by atoms with Gasteiger partial charge in [0, 0.05) is 11.1 Å². The van der Waals surface area contributed by atoms with Gasteiger partial charge in [-0.2, -0.15) is 5.26 Å². The fourth-order valence-corrected chi connectivity index (χ4v) is 6.87. The number of thiazole rings is 2. The van der Waals surface area contributed by atoms with Crippen molar-refractivity contribution in [1.82, 2.24) is 9.97 Å². The maximum atomic E-state index is 9.94. The van der Waals surface area contributed by atoms with Crippen molar-refractivity contribution in [3.8, 4) is 27.2 Å². The predicted molar refractivity (Wildman–Crippen MR) is 139 cm³/mol. The first-order chi connectivity index (χ1) is 16.3. The summed E-state index contributed by atoms with van der Waals surface area (Å²) in [6.07, 6.45) is 5.61. The second-order valence-corrected chi connectivity index (χ2v) is 10.9. The molecule has 0 saturated heterocycles. The fourth-order valence-electron chi connectivity index (χ4n) is 4.97. The smallest absolute Gasteiger partial charge is 0.124 e. The van der Waals surface area contributed by atoms with Crippen LogP contribution in [0.3, 0.4) is 0 Å². The molecule has 2 unspecified atom stereocenters. The summed E-state index contributed by atoms with van der Waals surface area (Å²) in [4.78, 5) is 9.88. The Morgan fingerprint density at radius 1 is 0.727 bits per heavy atom. The zero-order valence-corrected chi connectivity index (χ0v) is 19.8. The van der Waals surface area contributed by atoms with Gasteiger partial charge in [-0.25, -0.2) is 9.97 Å². The van der Waals surface area contributed by atoms with Crippen LogP contribution in [-0.2, 0) is 0 Å². The lowest BCUT2D eigenvalue weighted by Gasteiger charge is -2.21. The van der Waals surface area contributed by atoms with Gasteiger partial charge in [0.1, 0.15) is 10.0 Å². The number of aromatic nitrogens is 2. The van der Waals surface area contributed by atoms with Crippen LogP contribution < -0.4 is 0 Å². The molecule has 0 amide bonds. The van der Waals surface area contributed by atoms with E-state index in [1.165, 1.54) is 27.8 Å². The van der Waals surface area contributed by atoms with Gasteiger partial charge in [-0.15, -0.1) is 22.7 Å². The highest BCUT2D eigenvalue weighted by atomic mass is 32.1. The molecule has 1 fully saturated rings. The molecule has 6 rings (SSSR count). The molecule has 1 saturated carbocycles. The lowest BCUT2D eigenvalue weighted by molar-refractivity contribution is 0.490. The summed E-state index contributed by atoms with van der Waals surface area (Å²) >= 11 is 3.46. The summed E-state index contributed by atoms with van der Waals surface area (Å²) in [5.41, 5.74) is 5.59. The van der Waals surface area contributed by atoms with Gasteiger partial charge in [-0.05, 0) is 66.8 Å². The number of benzene rings is 3. The highest BCUT2D eigenvalue weighted by Crippen LogP contribution is 2.42. The third kappa shape index (κ3) is 3.94. The molecule has 162 valence electrons. The summed E-state index contributed by atoms with van der Waals surface area (Å²) in [7, 11) is 0. The van der Waals surface area contributed by atoms with Crippen molar-refractivity contribution < 1.29 is 0 Å². The molecule has 0 bridgehead atoms. The van der Waals surface area contributed by atoms with Crippen LogP contribution in [-0.4, -0.2) is 9.97 Å². The van der Waals surface area contributed by atoms with Crippen LogP contribution in [0.1, 0.15) is 43.6 Å². The summed E-state index contributed by atoms with van der Waals surface area (Å²) in [6.45, 7) is 0. The van der Waals surface area contributed by atoms with Gasteiger partial charge in [0.25, 0.3) is 0 Å². The Bertz CT molecular complexity index is 1330. The summed E-state index contributed by atoms with van der Waals surface area (Å²) in [5.74, 6) is 0.335. The van der Waals surface area contributed by atoms with E-state index in [-0.39, 0.29) is 11.8 Å². The average molecular weight is 466 g/mol. The molecule has 5 aromatic rings. The van der Waals surface area contributed by atoms with E-state index >= 15 is 0 Å². The Labute approximate surface area is 201 Å². The molecule has 3 aromatic carbocycles. The maximum absolute atomic E-state index is 9.94. The summed E-state index contributed by atoms with van der Waals surface area (Å²) < 4.78 is 2.40. The number of nitriles is 1. The van der Waals surface area contributed by atoms with Crippen molar-refractivity contribution in [1.29, 1.82) is 5.26 Å². The van der Waals surface area contributed by atoms with Crippen LogP contribution in [0.2, 0.25) is 0 Å². The van der Waals surface area contributed by atoms with Crippen LogP contribution in [0.4, 0.5) is 0 Å². The quantitative estimate of drug-likeness (QED) is 0.251. The van der Waals surface area contributed by atoms with Gasteiger partial charge in [-0.1, -0.05) is 43.5 Å². The molecule has 0 radical (unpaired) electrons. The van der Waals surface area contributed by atoms with Crippen LogP contribution in [0.15, 0.2) is 66.7 Å². The lowest BCUT2D eigenvalue weighted by atomic mass is 9.82. The van der Waals surface area contributed by atoms with Gasteiger partial charge in [0.2, 0.25) is 0 Å². The Morgan fingerprint density at radius 3 is 1.88 bits per heavy atom. The molecule has 5 heteroatoms. The van der Waals surface area contributed by atoms with Gasteiger partial charge in [-0.3, -0.25) is 0 Å². The molecule has 0 aliphatic heterocycles. The summed E-state index contributed by atoms with van der Waals surface area (Å²) in [6, 6.07) is 26.1. The molecule has 0 N–H and O–H groups in total. The molecule has 2 atom stereocenters. The molecule has 2 aromatic heterocycles. The molecular weight excluding hydrogens is 442 g/mol. The van der Waals surface area contributed by atoms with E-state index in [1.54, 1.807) is 22.7 Å². The topological polar surface area (TPSA) is 49.6 Å². The average Bonchev–Trinajstić information content (AvgIpc) is 3.41. The van der Waals surface area contributed by atoms with Gasteiger partial charge in [0.05, 0.1) is 32.4 Å². The van der Waals surface area contributed by atoms with Gasteiger partial charge in [0.15, 0.2) is 0 Å². The standard InChI is InChI=1S/C28H23N3S2/c29-17-18-8-2-1-3-9-22(18)19-14-20(27-30-23-10-4-6-12-25(23)32-27)16-21(15-19)28-31-24-11-5-7-13-26(24)33-28/h4-7,10-16,18,22H,1-3,8-9H2. The number of rotatable bonds is 3. The number of fused-ring (bicyclic) bond motifs is 2. The normalized spacial score (nSPS) is 18.9. The second-order valence-electron chi connectivity index (χ2n) is 8.80. The monoisotopic (exact) mass is 465 g/mol. The van der Waals surface area contributed by atoms with Crippen LogP contribution in [0.25, 0.3) is 41.6 Å². The van der Waals surface area contributed by atoms with E-state index in [0.29, 0.717) is 0 Å². The molecule has 2 heterocycles. The van der Waals surface area contributed by atoms with Crippen molar-refractivity contribution in [3.05, 3.63) is 72.3 Å². The molecule has 1 aliphatic rings. The van der Waals surface area contributed by atoms with E-state index in [2.05, 4.69) is 60.7 Å². The first-order valence-corrected chi connectivity index (χ1v) is 13.2. The van der Waals surface area contributed by atoms with E-state index < -0.39 is 0 Å². The number of hydrogen-bond donors (Lipinski definition) is 0. The van der Waals surface area contributed by atoms with Crippen molar-refractivity contribution in [2.24, 2.45) is 5.92 Å². The number of hydrogen-bond acceptors (Lipinski definition) is 5. The van der Waals surface area contributed by atoms with Crippen molar-refractivity contribution in [3.63, 3.8) is 0 Å². The van der Waals surface area contributed by atoms with Crippen molar-refractivity contribution >= 4 is 43.1 Å². The highest BCUT2D eigenvalue weighted by molar-refractivity contribution is 7.22. The largest absolute Gasteiger partial charge is 0.236 e. The Balaban J connectivity index is 1.53. The summed E-state index contributed by atoms with van der Waals surface area (Å²) in [5, 5.41) is 12.0. The van der Waals surface area contributed by atoms with E-state index in [4.69, 9.17) is 9.97 Å². The van der Waals surface area contributed by atoms with E-state index in [1.807, 2.05) is 12.1 Å². The number of para-hydroxylation sites is 2. The Kier molecular flexibility index (Phi) is 5.41. The van der Waals surface area contributed by atoms with Gasteiger partial charge >= 0.3 is 0 Å². The molecular formula is C28H23N3S2. The van der Waals surface area contributed by atoms with Gasteiger partial charge < -0.3 is 0 Å². The zero-order valence-electron chi connectivity index (χ0n) is 18.2. The van der Waals surface area contributed by atoms with E-state index in [9.17, 15) is 5.26 Å². The van der Waals surface area contributed by atoms with Crippen LogP contribution in [0, 0.1) is 17.2 Å². The minimum Gasteiger partial charge on any atom is -0.236 e. The minimum atomic E-state index is 0.0707. The third-order valence-corrected chi connectivity index (χ3v) is 8.82. The minimum absolute atomic E-state index is 0.0707. The van der Waals surface area contributed by atoms with Crippen LogP contribution in [0.5, 0.6) is 0 Å². The molecule has 3 nitrogen and oxygen atoms in total. The van der Waals surface area contributed by atoms with E-state index in [0.717, 1.165) is 51.4 Å². The third-order valence-electron chi connectivity index (χ3n) is 6.65. The van der Waals surface area contributed by atoms with Crippen LogP contribution >= 0.6 is 22.7 Å². The second kappa shape index (κ2) is 8.70. The highest BCUT2D eigenvalue weighted by Gasteiger charge is 2.26. The Hall–Kier alpha value is -3.07. The lowest BCUT2D eigenvalue weighted by Crippen LogP contribution is -2.10. The zero-order chi connectivity index (χ0) is 22.2. The Morgan fingerprint density at radius 2 is 1.30 bits per heavy atom. The first kappa shape index (κ1) is 20.5. The SMILES string of the molecule is N#CC1CCCCCC1c1cc(-c2nc3ccccc3s2)cc(-c2nc3ccccc3s2)c1. The molecule has 33 heavy (non-hydrogen) atoms. The van der Waals surface area contributed by atoms with Crippen molar-refractivity contribution in [2.45, 2.75) is 38.0 Å². The van der Waals surface area contributed by atoms with Crippen molar-refractivity contribution in [2.75, 3.05) is 0 Å². The predicted octanol–water partition coefficient (Wildman–Crippen LogP) is 8.43. The number of nitrogens with zero attached hydrogens (tertiary/aromatic N) is 3. The first-order valence-electron chi connectivity index (χ1n) is 11.5. The molecule has 1 aliphatic carbocycles. The maximum Gasteiger partial charge on any atom is 0.124 e. The fraction of sp³-hybridized carbons (Fsp3) is 0.250. The molecule has 0 spiro atoms.